The highest BCUT2D eigenvalue weighted by molar-refractivity contribution is 5.10. The zero-order chi connectivity index (χ0) is 14.1. The summed E-state index contributed by atoms with van der Waals surface area (Å²) in [7, 11) is 0. The van der Waals surface area contributed by atoms with E-state index in [4.69, 9.17) is 0 Å². The molecule has 0 saturated heterocycles. The molecule has 0 aromatic carbocycles. The first kappa shape index (κ1) is 17.0. The first-order chi connectivity index (χ1) is 9.25. The van der Waals surface area contributed by atoms with Crippen LogP contribution in [0.5, 0.6) is 0 Å². The van der Waals surface area contributed by atoms with Crippen molar-refractivity contribution < 1.29 is 0 Å². The quantitative estimate of drug-likeness (QED) is 0.414. The highest BCUT2D eigenvalue weighted by Crippen LogP contribution is 2.53. The Morgan fingerprint density at radius 1 is 0.895 bits per heavy atom. The van der Waals surface area contributed by atoms with E-state index in [1.807, 2.05) is 0 Å². The Balaban J connectivity index is 2.32. The van der Waals surface area contributed by atoms with Gasteiger partial charge in [-0.25, -0.2) is 0 Å². The van der Waals surface area contributed by atoms with Crippen LogP contribution in [0.25, 0.3) is 0 Å². The van der Waals surface area contributed by atoms with Crippen molar-refractivity contribution in [3.8, 4) is 0 Å². The fourth-order valence-electron chi connectivity index (χ4n) is 3.92. The lowest BCUT2D eigenvalue weighted by Gasteiger charge is -2.32. The zero-order valence-electron chi connectivity index (χ0n) is 14.0. The summed E-state index contributed by atoms with van der Waals surface area (Å²) in [6, 6.07) is 0. The number of unbranched alkanes of at least 4 members (excludes halogenated alkanes) is 5. The number of hydrogen-bond acceptors (Lipinski definition) is 1. The second kappa shape index (κ2) is 9.00. The zero-order valence-corrected chi connectivity index (χ0v) is 14.0. The average molecular weight is 268 g/mol. The molecule has 2 atom stereocenters. The lowest BCUT2D eigenvalue weighted by atomic mass is 9.99. The minimum atomic E-state index is 0.615. The van der Waals surface area contributed by atoms with Crippen LogP contribution in [0.1, 0.15) is 91.9 Å². The predicted octanol–water partition coefficient (Wildman–Crippen LogP) is 5.64. The summed E-state index contributed by atoms with van der Waals surface area (Å²) in [6.45, 7) is 11.9. The molecule has 0 radical (unpaired) electrons. The third kappa shape index (κ3) is 4.77. The third-order valence-corrected chi connectivity index (χ3v) is 5.16. The van der Waals surface area contributed by atoms with Crippen molar-refractivity contribution in [2.75, 3.05) is 13.1 Å². The molecule has 0 N–H and O–H groups in total. The summed E-state index contributed by atoms with van der Waals surface area (Å²) >= 11 is 0. The molecule has 0 amide bonds. The highest BCUT2D eigenvalue weighted by atomic mass is 15.2. The van der Waals surface area contributed by atoms with Gasteiger partial charge in [0.25, 0.3) is 0 Å². The van der Waals surface area contributed by atoms with E-state index in [1.165, 1.54) is 77.3 Å². The van der Waals surface area contributed by atoms with Crippen LogP contribution in [0.2, 0.25) is 0 Å². The highest BCUT2D eigenvalue weighted by Gasteiger charge is 2.55. The number of nitrogens with zero attached hydrogens (tertiary/aromatic N) is 1. The van der Waals surface area contributed by atoms with Crippen molar-refractivity contribution in [2.24, 2.45) is 5.92 Å². The monoisotopic (exact) mass is 267 g/mol. The molecule has 2 unspecified atom stereocenters. The fourth-order valence-corrected chi connectivity index (χ4v) is 3.92. The van der Waals surface area contributed by atoms with Gasteiger partial charge in [-0.15, -0.1) is 0 Å². The molecule has 114 valence electrons. The maximum atomic E-state index is 2.80. The van der Waals surface area contributed by atoms with Gasteiger partial charge in [-0.1, -0.05) is 72.6 Å². The van der Waals surface area contributed by atoms with Crippen LogP contribution in [0, 0.1) is 5.92 Å². The molecule has 0 bridgehead atoms. The van der Waals surface area contributed by atoms with E-state index in [0.717, 1.165) is 5.92 Å². The van der Waals surface area contributed by atoms with Gasteiger partial charge in [0, 0.05) is 5.54 Å². The Kier molecular flexibility index (Phi) is 8.06. The fraction of sp³-hybridized carbons (Fsp3) is 1.00. The maximum Gasteiger partial charge on any atom is 0.0241 e. The molecule has 19 heavy (non-hydrogen) atoms. The normalized spacial score (nSPS) is 26.1. The molecular weight excluding hydrogens is 230 g/mol. The first-order valence-corrected chi connectivity index (χ1v) is 9.00. The van der Waals surface area contributed by atoms with Crippen molar-refractivity contribution in [3.63, 3.8) is 0 Å². The molecule has 0 aromatic heterocycles. The van der Waals surface area contributed by atoms with Gasteiger partial charge in [0.05, 0.1) is 0 Å². The van der Waals surface area contributed by atoms with Crippen LogP contribution < -0.4 is 0 Å². The third-order valence-electron chi connectivity index (χ3n) is 5.16. The smallest absolute Gasteiger partial charge is 0.0241 e. The molecule has 1 aliphatic rings. The van der Waals surface area contributed by atoms with Gasteiger partial charge in [-0.3, -0.25) is 4.90 Å². The molecule has 1 nitrogen and oxygen atoms in total. The van der Waals surface area contributed by atoms with Crippen molar-refractivity contribution >= 4 is 0 Å². The minimum Gasteiger partial charge on any atom is -0.298 e. The van der Waals surface area contributed by atoms with E-state index in [2.05, 4.69) is 32.6 Å². The van der Waals surface area contributed by atoms with Gasteiger partial charge in [0.2, 0.25) is 0 Å². The van der Waals surface area contributed by atoms with Gasteiger partial charge in [-0.2, -0.15) is 0 Å². The first-order valence-electron chi connectivity index (χ1n) is 9.00. The Hall–Kier alpha value is -0.0400. The summed E-state index contributed by atoms with van der Waals surface area (Å²) in [4.78, 5) is 2.80. The molecule has 0 spiro atoms. The Labute approximate surface area is 122 Å². The second-order valence-corrected chi connectivity index (χ2v) is 6.51. The van der Waals surface area contributed by atoms with Crippen molar-refractivity contribution in [3.05, 3.63) is 0 Å². The Morgan fingerprint density at radius 2 is 1.58 bits per heavy atom. The van der Waals surface area contributed by atoms with E-state index < -0.39 is 0 Å². The van der Waals surface area contributed by atoms with Gasteiger partial charge in [0.1, 0.15) is 0 Å². The summed E-state index contributed by atoms with van der Waals surface area (Å²) in [5, 5.41) is 0. The van der Waals surface area contributed by atoms with Crippen LogP contribution in [0.15, 0.2) is 0 Å². The van der Waals surface area contributed by atoms with Gasteiger partial charge in [0.15, 0.2) is 0 Å². The minimum absolute atomic E-state index is 0.615. The summed E-state index contributed by atoms with van der Waals surface area (Å²) in [5.74, 6) is 0.995. The molecule has 1 fully saturated rings. The lowest BCUT2D eigenvalue weighted by Crippen LogP contribution is -2.39. The predicted molar refractivity (Wildman–Crippen MR) is 86.7 cm³/mol. The Bertz CT molecular complexity index is 226. The Morgan fingerprint density at radius 3 is 2.11 bits per heavy atom. The maximum absolute atomic E-state index is 2.80. The SMILES string of the molecule is CCCCCCCCC1(N(CC)CCC)CC1CC. The molecule has 1 saturated carbocycles. The second-order valence-electron chi connectivity index (χ2n) is 6.51. The van der Waals surface area contributed by atoms with E-state index >= 15 is 0 Å². The molecule has 0 heterocycles. The number of rotatable bonds is 12. The van der Waals surface area contributed by atoms with Crippen LogP contribution in [-0.2, 0) is 0 Å². The molecule has 0 aromatic rings. The molecule has 0 aliphatic heterocycles. The van der Waals surface area contributed by atoms with Crippen molar-refractivity contribution in [2.45, 2.75) is 97.4 Å². The standard InChI is InChI=1S/C18H37N/c1-5-9-10-11-12-13-14-18(16-17(18)7-3)19(8-4)15-6-2/h17H,5-16H2,1-4H3. The molecular formula is C18H37N. The van der Waals surface area contributed by atoms with Crippen LogP contribution in [0.4, 0.5) is 0 Å². The molecule has 1 heteroatoms. The number of hydrogen-bond donors (Lipinski definition) is 0. The van der Waals surface area contributed by atoms with Crippen LogP contribution in [-0.4, -0.2) is 23.5 Å². The van der Waals surface area contributed by atoms with E-state index in [0.29, 0.717) is 5.54 Å². The van der Waals surface area contributed by atoms with E-state index in [9.17, 15) is 0 Å². The summed E-state index contributed by atoms with van der Waals surface area (Å²) < 4.78 is 0. The van der Waals surface area contributed by atoms with Gasteiger partial charge < -0.3 is 0 Å². The summed E-state index contributed by atoms with van der Waals surface area (Å²) in [5.41, 5.74) is 0.615. The van der Waals surface area contributed by atoms with E-state index in [-0.39, 0.29) is 0 Å². The molecule has 1 aliphatic carbocycles. The average Bonchev–Trinajstić information content (AvgIpc) is 3.14. The van der Waals surface area contributed by atoms with Gasteiger partial charge >= 0.3 is 0 Å². The lowest BCUT2D eigenvalue weighted by molar-refractivity contribution is 0.155. The topological polar surface area (TPSA) is 3.24 Å². The largest absolute Gasteiger partial charge is 0.298 e. The summed E-state index contributed by atoms with van der Waals surface area (Å²) in [6.07, 6.45) is 14.3. The van der Waals surface area contributed by atoms with Crippen molar-refractivity contribution in [1.82, 2.24) is 4.90 Å². The van der Waals surface area contributed by atoms with Crippen molar-refractivity contribution in [1.29, 1.82) is 0 Å². The van der Waals surface area contributed by atoms with E-state index in [1.54, 1.807) is 0 Å². The van der Waals surface area contributed by atoms with Crippen LogP contribution in [0.3, 0.4) is 0 Å². The van der Waals surface area contributed by atoms with Gasteiger partial charge in [-0.05, 0) is 38.3 Å². The van der Waals surface area contributed by atoms with Crippen LogP contribution >= 0.6 is 0 Å². The molecule has 1 rings (SSSR count).